The van der Waals surface area contributed by atoms with E-state index < -0.39 is 203 Å². The van der Waals surface area contributed by atoms with Gasteiger partial charge in [0.25, 0.3) is 31.6 Å². The summed E-state index contributed by atoms with van der Waals surface area (Å²) in [7, 11) is -10.1. The maximum Gasteiger partial charge on any atom is 0.338 e. The van der Waals surface area contributed by atoms with Crippen LogP contribution < -0.4 is 9.47 Å². The van der Waals surface area contributed by atoms with Crippen molar-refractivity contribution < 1.29 is 135 Å². The number of carbonyl (C=O) groups is 4. The molecule has 11 rings (SSSR count). The molecule has 0 N–H and O–H groups in total. The second kappa shape index (κ2) is 42.3. The van der Waals surface area contributed by atoms with Gasteiger partial charge in [0.15, 0.2) is 50.5 Å². The zero-order chi connectivity index (χ0) is 85.3. The molecule has 652 valence electrons. The van der Waals surface area contributed by atoms with Gasteiger partial charge in [0.1, 0.15) is 47.8 Å². The summed E-state index contributed by atoms with van der Waals surface area (Å²) in [4.78, 5) is 74.0. The van der Waals surface area contributed by atoms with E-state index in [1.807, 2.05) is 0 Å². The summed E-state index contributed by atoms with van der Waals surface area (Å²) in [6.07, 6.45) is -21.8. The first-order valence-electron chi connectivity index (χ1n) is 40.3. The largest absolute Gasteiger partial charge is 0.468 e. The molecule has 36 heteroatoms. The van der Waals surface area contributed by atoms with Gasteiger partial charge in [-0.25, -0.2) is 9.59 Å². The molecule has 6 heterocycles. The number of hydrogen-bond acceptors (Lipinski definition) is 31. The molecule has 0 amide bonds. The first-order chi connectivity index (χ1) is 56.6. The van der Waals surface area contributed by atoms with Gasteiger partial charge in [0, 0.05) is 83.9 Å². The lowest BCUT2D eigenvalue weighted by atomic mass is 9.99. The number of aryl methyl sites for hydroxylation is 2. The quantitative estimate of drug-likeness (QED) is 0.00517. The van der Waals surface area contributed by atoms with E-state index in [0.29, 0.717) is 29.2 Å². The average molecular weight is 1720 g/mol. The Morgan fingerprint density at radius 2 is 0.815 bits per heavy atom. The van der Waals surface area contributed by atoms with Crippen LogP contribution in [0.1, 0.15) is 145 Å². The first-order valence-corrected chi connectivity index (χ1v) is 47.2. The molecular formula is C83H108N2O31S2Si. The maximum atomic E-state index is 14.2. The molecule has 119 heavy (non-hydrogen) atoms. The maximum absolute atomic E-state index is 14.2. The Balaban J connectivity index is 0.793. The van der Waals surface area contributed by atoms with Crippen LogP contribution in [0.5, 0.6) is 11.5 Å². The third kappa shape index (κ3) is 27.6. The third-order valence-electron chi connectivity index (χ3n) is 21.2. The number of esters is 3. The van der Waals surface area contributed by atoms with Crippen LogP contribution in [0.25, 0.3) is 0 Å². The predicted octanol–water partition coefficient (Wildman–Crippen LogP) is 11.7. The van der Waals surface area contributed by atoms with E-state index in [4.69, 9.17) is 88.9 Å². The van der Waals surface area contributed by atoms with E-state index in [2.05, 4.69) is 19.6 Å². The van der Waals surface area contributed by atoms with E-state index in [0.717, 1.165) is 6.04 Å². The average Bonchev–Trinajstić information content (AvgIpc) is 0.794. The molecule has 5 aromatic rings. The van der Waals surface area contributed by atoms with E-state index >= 15 is 0 Å². The van der Waals surface area contributed by atoms with Crippen molar-refractivity contribution in [3.63, 3.8) is 0 Å². The minimum Gasteiger partial charge on any atom is -0.468 e. The summed E-state index contributed by atoms with van der Waals surface area (Å²) in [6, 6.07) is 35.6. The highest BCUT2D eigenvalue weighted by Gasteiger charge is 2.51. The Morgan fingerprint density at radius 1 is 0.437 bits per heavy atom. The van der Waals surface area contributed by atoms with Gasteiger partial charge in [-0.15, -0.1) is 0 Å². The number of benzene rings is 5. The van der Waals surface area contributed by atoms with Crippen molar-refractivity contribution in [1.29, 1.82) is 0 Å². The zero-order valence-corrected chi connectivity index (χ0v) is 70.9. The van der Waals surface area contributed by atoms with E-state index in [9.17, 15) is 56.2 Å². The number of non-ortho nitro benzene ring substituents is 2. The molecule has 6 fully saturated rings. The van der Waals surface area contributed by atoms with Crippen LogP contribution in [0.3, 0.4) is 0 Å². The Labute approximate surface area is 693 Å². The Bertz CT molecular complexity index is 4380. The van der Waals surface area contributed by atoms with Crippen LogP contribution in [-0.4, -0.2) is 219 Å². The lowest BCUT2D eigenvalue weighted by Gasteiger charge is -2.46. The number of hydrogen-bond donors (Lipinski definition) is 0. The first kappa shape index (κ1) is 91.9. The molecule has 0 radical (unpaired) electrons. The van der Waals surface area contributed by atoms with Crippen LogP contribution in [0.2, 0.25) is 25.7 Å². The topological polar surface area (TPSA) is 398 Å². The molecule has 6 aliphatic rings. The van der Waals surface area contributed by atoms with Crippen molar-refractivity contribution in [3.05, 3.63) is 176 Å². The number of nitrogens with zero attached hydrogens (tertiary/aromatic N) is 2. The van der Waals surface area contributed by atoms with Crippen molar-refractivity contribution in [2.24, 2.45) is 0 Å². The Kier molecular flexibility index (Phi) is 32.6. The smallest absolute Gasteiger partial charge is 0.338 e. The number of rotatable bonds is 38. The van der Waals surface area contributed by atoms with Crippen molar-refractivity contribution >= 4 is 63.4 Å². The fourth-order valence-electron chi connectivity index (χ4n) is 14.7. The summed E-state index contributed by atoms with van der Waals surface area (Å²) < 4.78 is 177. The summed E-state index contributed by atoms with van der Waals surface area (Å²) in [6.45, 7) is 18.9. The third-order valence-corrected chi connectivity index (χ3v) is 25.4. The minimum atomic E-state index is -4.42. The predicted molar refractivity (Wildman–Crippen MR) is 426 cm³/mol. The minimum absolute atomic E-state index is 0.00817. The number of Topliss-reactive ketones (excluding diaryl/α,β-unsaturated/α-hetero) is 1. The molecular weight excluding hydrogens is 1610 g/mol. The molecule has 0 unspecified atom stereocenters. The van der Waals surface area contributed by atoms with Crippen LogP contribution in [0.4, 0.5) is 11.4 Å². The van der Waals surface area contributed by atoms with Crippen LogP contribution in [0, 0.1) is 20.2 Å². The standard InChI is InChI=1S/C83H108N2O31S2Si/c1-50(86)21-36-71(87)107-65-34-37-72(100-51(65)2)109-69-48-77(105-56(7)80(69)115-117(94,95)42-39-57-22-26-61(27-23-57)84(90)91)112-68-46-75(103-54(5)79(68)114-83(89)60-19-15-12-16-20-60)108-66-35-38-73(101-52(66)3)110-70-47-76(104-55(6)81(70)116-118(96,97)43-40-58-24-28-62(29-25-58)85(92)93)111-67-45-74(102-53(4)78(67)113-82(88)59-17-13-11-14-18-59)106-64-32-30-63(31-33-64)99-49-98-41-44-119(8,9)10/h11-20,22-33,51-56,65-70,72-81H,21,34-49H2,1-10H3/t51-,52-,53+,54+,55+,56+,65-,66-,67+,68+,69+,70+,72-,73-,74-,75+,76-,77-,78+,79+,80+,81+/m0/s1. The van der Waals surface area contributed by atoms with Crippen LogP contribution in [0.15, 0.2) is 133 Å². The van der Waals surface area contributed by atoms with Gasteiger partial charge in [0.05, 0.1) is 93.8 Å². The fraction of sp³-hybridized carbons (Fsp3) is 0.590. The van der Waals surface area contributed by atoms with Crippen LogP contribution in [-0.2, 0) is 122 Å². The van der Waals surface area contributed by atoms with E-state index in [-0.39, 0.29) is 112 Å². The second-order valence-corrected chi connectivity index (χ2v) is 40.9. The van der Waals surface area contributed by atoms with Gasteiger partial charge in [-0.3, -0.25) is 33.4 Å². The SMILES string of the molecule is CC(=O)CCC(=O)O[C@H]1CC[C@H](O[C@@H]2C[C@H](O[C@@H]3C[C@@H](O[C@H]4CC[C@H](O[C@@H]5C[C@H](O[C@@H]6C[C@H](Oc7ccc(OCOCC[Si](C)(C)C)cc7)O[C@H](C)[C@H]6OC(=O)c6ccccc6)O[C@H](C)[C@H]5OS(=O)(=O)CCc5ccc([N+](=O)[O-])cc5)O[C@H]4C)O[C@H](C)[C@H]3OC(=O)c3ccccc3)O[C@H](C)[C@H]2OS(=O)(=O)CCc2ccc([N+](=O)[O-])cc2)O[C@H]1C. The van der Waals surface area contributed by atoms with E-state index in [1.54, 1.807) is 126 Å². The van der Waals surface area contributed by atoms with E-state index in [1.165, 1.54) is 55.5 Å². The number of nitro groups is 2. The number of ether oxygens (including phenoxy) is 17. The van der Waals surface area contributed by atoms with Crippen LogP contribution >= 0.6 is 0 Å². The fourth-order valence-corrected chi connectivity index (χ4v) is 17.9. The monoisotopic (exact) mass is 1720 g/mol. The van der Waals surface area contributed by atoms with Gasteiger partial charge in [-0.1, -0.05) is 80.3 Å². The zero-order valence-electron chi connectivity index (χ0n) is 68.3. The van der Waals surface area contributed by atoms with Crippen molar-refractivity contribution in [2.75, 3.05) is 24.9 Å². The molecule has 0 spiro atoms. The van der Waals surface area contributed by atoms with Gasteiger partial charge in [-0.05, 0) is 140 Å². The lowest BCUT2D eigenvalue weighted by molar-refractivity contribution is -0.385. The molecule has 6 aliphatic heterocycles. The summed E-state index contributed by atoms with van der Waals surface area (Å²) in [5, 5.41) is 22.8. The van der Waals surface area contributed by atoms with Gasteiger partial charge in [-0.2, -0.15) is 16.8 Å². The van der Waals surface area contributed by atoms with Crippen molar-refractivity contribution in [1.82, 2.24) is 0 Å². The molecule has 5 aromatic carbocycles. The molecule has 0 aromatic heterocycles. The summed E-state index contributed by atoms with van der Waals surface area (Å²) in [5.41, 5.74) is 1.18. The molecule has 22 atom stereocenters. The molecule has 0 saturated carbocycles. The summed E-state index contributed by atoms with van der Waals surface area (Å²) in [5.74, 6) is -2.13. The van der Waals surface area contributed by atoms with Crippen molar-refractivity contribution in [3.8, 4) is 11.5 Å². The second-order valence-electron chi connectivity index (χ2n) is 31.9. The highest BCUT2D eigenvalue weighted by molar-refractivity contribution is 7.87. The highest BCUT2D eigenvalue weighted by atomic mass is 32.2. The Morgan fingerprint density at radius 3 is 1.24 bits per heavy atom. The number of ketones is 1. The molecule has 33 nitrogen and oxygen atoms in total. The summed E-state index contributed by atoms with van der Waals surface area (Å²) >= 11 is 0. The molecule has 6 saturated heterocycles. The van der Waals surface area contributed by atoms with Gasteiger partial charge >= 0.3 is 17.9 Å². The number of nitro benzene ring substituents is 2. The Hall–Kier alpha value is -7.86. The molecule has 0 aliphatic carbocycles. The normalized spacial score (nSPS) is 30.1. The lowest BCUT2D eigenvalue weighted by Crippen LogP contribution is -2.57. The molecule has 0 bridgehead atoms. The highest BCUT2D eigenvalue weighted by Crippen LogP contribution is 2.40. The van der Waals surface area contributed by atoms with Gasteiger partial charge < -0.3 is 85.3 Å². The number of carbonyl (C=O) groups excluding carboxylic acids is 4. The van der Waals surface area contributed by atoms with Crippen molar-refractivity contribution in [2.45, 2.75) is 287 Å². The van der Waals surface area contributed by atoms with Gasteiger partial charge in [0.2, 0.25) is 6.29 Å².